The SMILES string of the molecule is CCc1cc(O)c(Br)c(C2(c3c(Br)c(O)cc(CC)c3CC)OC(=O)c3cccc(C(=O)O)c32)c1CC. The summed E-state index contributed by atoms with van der Waals surface area (Å²) in [7, 11) is 0. The van der Waals surface area contributed by atoms with E-state index < -0.39 is 17.5 Å². The zero-order valence-corrected chi connectivity index (χ0v) is 24.2. The zero-order valence-electron chi connectivity index (χ0n) is 21.0. The summed E-state index contributed by atoms with van der Waals surface area (Å²) in [6.07, 6.45) is 2.24. The van der Waals surface area contributed by atoms with Crippen molar-refractivity contribution in [3.05, 3.63) is 89.3 Å². The number of phenols is 2. The molecule has 194 valence electrons. The fourth-order valence-electron chi connectivity index (χ4n) is 5.65. The number of fused-ring (bicyclic) bond motifs is 1. The zero-order chi connectivity index (χ0) is 27.2. The van der Waals surface area contributed by atoms with Gasteiger partial charge >= 0.3 is 11.9 Å². The van der Waals surface area contributed by atoms with Gasteiger partial charge in [-0.1, -0.05) is 33.8 Å². The Labute approximate surface area is 232 Å². The Balaban J connectivity index is 2.39. The number of rotatable bonds is 7. The van der Waals surface area contributed by atoms with Gasteiger partial charge < -0.3 is 20.1 Å². The summed E-state index contributed by atoms with van der Waals surface area (Å²) >= 11 is 7.14. The van der Waals surface area contributed by atoms with Crippen LogP contribution >= 0.6 is 31.9 Å². The minimum atomic E-state index is -1.76. The van der Waals surface area contributed by atoms with E-state index in [0.717, 1.165) is 22.3 Å². The number of aryl methyl sites for hydroxylation is 2. The number of carboxylic acid groups (broad SMARTS) is 1. The summed E-state index contributed by atoms with van der Waals surface area (Å²) in [5.74, 6) is -1.99. The van der Waals surface area contributed by atoms with E-state index in [1.165, 1.54) is 12.1 Å². The van der Waals surface area contributed by atoms with Crippen molar-refractivity contribution < 1.29 is 29.6 Å². The highest BCUT2D eigenvalue weighted by Crippen LogP contribution is 2.57. The third-order valence-corrected chi connectivity index (χ3v) is 8.78. The minimum absolute atomic E-state index is 0.0502. The van der Waals surface area contributed by atoms with Crippen LogP contribution in [-0.2, 0) is 36.0 Å². The number of esters is 1. The molecule has 0 saturated heterocycles. The first-order valence-corrected chi connectivity index (χ1v) is 13.8. The van der Waals surface area contributed by atoms with Crippen molar-refractivity contribution in [2.45, 2.75) is 59.0 Å². The van der Waals surface area contributed by atoms with Gasteiger partial charge in [-0.05, 0) is 104 Å². The number of ether oxygens (including phenoxy) is 1. The number of benzene rings is 3. The van der Waals surface area contributed by atoms with Crippen molar-refractivity contribution in [3.8, 4) is 11.5 Å². The number of carbonyl (C=O) groups excluding carboxylic acids is 1. The maximum Gasteiger partial charge on any atom is 0.340 e. The molecule has 0 atom stereocenters. The number of carbonyl (C=O) groups is 2. The van der Waals surface area contributed by atoms with Crippen LogP contribution in [0.2, 0.25) is 0 Å². The Hall–Kier alpha value is -2.84. The number of hydrogen-bond acceptors (Lipinski definition) is 5. The monoisotopic (exact) mass is 630 g/mol. The first kappa shape index (κ1) is 27.2. The van der Waals surface area contributed by atoms with E-state index in [0.29, 0.717) is 45.8 Å². The summed E-state index contributed by atoms with van der Waals surface area (Å²) in [5.41, 5.74) is 2.71. The van der Waals surface area contributed by atoms with E-state index in [1.807, 2.05) is 27.7 Å². The molecule has 3 N–H and O–H groups in total. The van der Waals surface area contributed by atoms with E-state index in [-0.39, 0.29) is 28.2 Å². The molecule has 0 radical (unpaired) electrons. The summed E-state index contributed by atoms with van der Waals surface area (Å²) in [6, 6.07) is 7.88. The largest absolute Gasteiger partial charge is 0.507 e. The molecule has 8 heteroatoms. The molecule has 0 unspecified atom stereocenters. The van der Waals surface area contributed by atoms with Gasteiger partial charge in [0, 0.05) is 16.7 Å². The predicted octanol–water partition coefficient (Wildman–Crippen LogP) is 7.03. The highest BCUT2D eigenvalue weighted by atomic mass is 79.9. The van der Waals surface area contributed by atoms with E-state index >= 15 is 0 Å². The molecule has 0 fully saturated rings. The van der Waals surface area contributed by atoms with Gasteiger partial charge in [-0.3, -0.25) is 0 Å². The molecule has 3 aromatic carbocycles. The molecule has 0 aliphatic carbocycles. The topological polar surface area (TPSA) is 104 Å². The van der Waals surface area contributed by atoms with Crippen molar-refractivity contribution in [2.24, 2.45) is 0 Å². The predicted molar refractivity (Wildman–Crippen MR) is 148 cm³/mol. The second-order valence-electron chi connectivity index (χ2n) is 8.96. The van der Waals surface area contributed by atoms with Crippen molar-refractivity contribution in [3.63, 3.8) is 0 Å². The number of hydrogen-bond donors (Lipinski definition) is 3. The Morgan fingerprint density at radius 1 is 0.838 bits per heavy atom. The normalized spacial score (nSPS) is 13.9. The molecule has 0 bridgehead atoms. The Morgan fingerprint density at radius 2 is 1.32 bits per heavy atom. The second-order valence-corrected chi connectivity index (χ2v) is 10.5. The second kappa shape index (κ2) is 10.1. The summed E-state index contributed by atoms with van der Waals surface area (Å²) < 4.78 is 6.96. The maximum atomic E-state index is 13.5. The number of aromatic hydroxyl groups is 2. The van der Waals surface area contributed by atoms with Gasteiger partial charge in [0.25, 0.3) is 0 Å². The lowest BCUT2D eigenvalue weighted by molar-refractivity contribution is 0.0235. The van der Waals surface area contributed by atoms with Crippen LogP contribution in [0.5, 0.6) is 11.5 Å². The highest BCUT2D eigenvalue weighted by Gasteiger charge is 2.55. The van der Waals surface area contributed by atoms with Crippen LogP contribution in [0.3, 0.4) is 0 Å². The van der Waals surface area contributed by atoms with Crippen molar-refractivity contribution >= 4 is 43.8 Å². The number of aromatic carboxylic acids is 1. The molecule has 1 aliphatic rings. The Bertz CT molecular complexity index is 1380. The standard InChI is InChI=1S/C29H28Br2O6/c1-5-14-12-20(32)25(30)23(16(14)7-3)29(24-17(8-4)15(6-2)13-21(33)26(24)31)22-18(27(34)35)10-9-11-19(22)28(36)37-29/h9-13,32-33H,5-8H2,1-4H3,(H,34,35). The van der Waals surface area contributed by atoms with Crippen molar-refractivity contribution in [2.75, 3.05) is 0 Å². The van der Waals surface area contributed by atoms with Gasteiger partial charge in [-0.15, -0.1) is 0 Å². The fourth-order valence-corrected chi connectivity index (χ4v) is 6.91. The molecule has 6 nitrogen and oxygen atoms in total. The molecule has 37 heavy (non-hydrogen) atoms. The van der Waals surface area contributed by atoms with Crippen LogP contribution in [0.1, 0.15) is 87.4 Å². The molecule has 0 aromatic heterocycles. The number of phenolic OH excluding ortho intramolecular Hbond substituents is 2. The molecular weight excluding hydrogens is 604 g/mol. The third-order valence-electron chi connectivity index (χ3n) is 7.18. The summed E-state index contributed by atoms with van der Waals surface area (Å²) in [5, 5.41) is 32.3. The first-order valence-electron chi connectivity index (χ1n) is 12.3. The lowest BCUT2D eigenvalue weighted by Gasteiger charge is -2.37. The van der Waals surface area contributed by atoms with Crippen molar-refractivity contribution in [1.29, 1.82) is 0 Å². The maximum absolute atomic E-state index is 13.5. The van der Waals surface area contributed by atoms with Gasteiger partial charge in [-0.2, -0.15) is 0 Å². The average molecular weight is 632 g/mol. The van der Waals surface area contributed by atoms with E-state index in [9.17, 15) is 24.9 Å². The van der Waals surface area contributed by atoms with Gasteiger partial charge in [0.2, 0.25) is 0 Å². The third kappa shape index (κ3) is 3.96. The smallest absolute Gasteiger partial charge is 0.340 e. The Morgan fingerprint density at radius 3 is 1.73 bits per heavy atom. The van der Waals surface area contributed by atoms with Crippen LogP contribution in [0.4, 0.5) is 0 Å². The van der Waals surface area contributed by atoms with Crippen LogP contribution in [-0.4, -0.2) is 27.3 Å². The molecule has 0 saturated carbocycles. The van der Waals surface area contributed by atoms with Gasteiger partial charge in [0.15, 0.2) is 5.60 Å². The summed E-state index contributed by atoms with van der Waals surface area (Å²) in [6.45, 7) is 7.86. The number of carboxylic acids is 1. The lowest BCUT2D eigenvalue weighted by Crippen LogP contribution is -2.35. The van der Waals surface area contributed by atoms with Gasteiger partial charge in [0.05, 0.1) is 20.1 Å². The van der Waals surface area contributed by atoms with Gasteiger partial charge in [0.1, 0.15) is 11.5 Å². The number of halogens is 2. The van der Waals surface area contributed by atoms with Crippen molar-refractivity contribution in [1.82, 2.24) is 0 Å². The van der Waals surface area contributed by atoms with E-state index in [2.05, 4.69) is 31.9 Å². The molecule has 1 heterocycles. The average Bonchev–Trinajstić information content (AvgIpc) is 3.18. The van der Waals surface area contributed by atoms with Crippen LogP contribution in [0.15, 0.2) is 39.3 Å². The molecule has 3 aromatic rings. The fraction of sp³-hybridized carbons (Fsp3) is 0.310. The van der Waals surface area contributed by atoms with Crippen LogP contribution in [0.25, 0.3) is 0 Å². The molecule has 0 spiro atoms. The lowest BCUT2D eigenvalue weighted by atomic mass is 9.72. The molecule has 1 aliphatic heterocycles. The van der Waals surface area contributed by atoms with Crippen LogP contribution in [0, 0.1) is 0 Å². The first-order chi connectivity index (χ1) is 17.6. The Kier molecular flexibility index (Phi) is 7.45. The minimum Gasteiger partial charge on any atom is -0.507 e. The number of cyclic esters (lactones) is 1. The summed E-state index contributed by atoms with van der Waals surface area (Å²) in [4.78, 5) is 26.1. The van der Waals surface area contributed by atoms with Crippen LogP contribution < -0.4 is 0 Å². The quantitative estimate of drug-likeness (QED) is 0.242. The van der Waals surface area contributed by atoms with E-state index in [4.69, 9.17) is 4.74 Å². The molecule has 4 rings (SSSR count). The van der Waals surface area contributed by atoms with E-state index in [1.54, 1.807) is 18.2 Å². The highest BCUT2D eigenvalue weighted by molar-refractivity contribution is 9.11. The molecular formula is C29H28Br2O6. The molecule has 0 amide bonds. The van der Waals surface area contributed by atoms with Gasteiger partial charge in [-0.25, -0.2) is 9.59 Å².